The number of rotatable bonds is 14. The van der Waals surface area contributed by atoms with Crippen LogP contribution in [0.4, 0.5) is 0 Å². The fourth-order valence-corrected chi connectivity index (χ4v) is 4.38. The second-order valence-corrected chi connectivity index (χ2v) is 10.1. The van der Waals surface area contributed by atoms with Crippen molar-refractivity contribution in [1.82, 2.24) is 21.3 Å². The first-order valence-electron chi connectivity index (χ1n) is 14.7. The topological polar surface area (TPSA) is 94.3 Å². The maximum Gasteiger partial charge on any atom is 0.0701 e. The first-order valence-corrected chi connectivity index (χ1v) is 14.7. The molecular formula is C31H50N4O5. The van der Waals surface area contributed by atoms with E-state index in [1.807, 2.05) is 12.1 Å². The average molecular weight is 559 g/mol. The molecule has 2 aromatic carbocycles. The first kappa shape index (κ1) is 32.6. The lowest BCUT2D eigenvalue weighted by molar-refractivity contribution is -0.0595. The molecule has 0 radical (unpaired) electrons. The van der Waals surface area contributed by atoms with Crippen molar-refractivity contribution in [1.29, 1.82) is 0 Å². The summed E-state index contributed by atoms with van der Waals surface area (Å²) < 4.78 is 29.1. The van der Waals surface area contributed by atoms with Gasteiger partial charge < -0.3 is 45.0 Å². The third kappa shape index (κ3) is 15.2. The van der Waals surface area contributed by atoms with Crippen molar-refractivity contribution in [3.63, 3.8) is 0 Å². The Morgan fingerprint density at radius 2 is 0.800 bits per heavy atom. The van der Waals surface area contributed by atoms with Crippen molar-refractivity contribution < 1.29 is 23.7 Å². The van der Waals surface area contributed by atoms with Gasteiger partial charge in [-0.25, -0.2) is 0 Å². The standard InChI is InChI=1S/C31H50N4O5/c1-3-7-29(8-4-1)23-32-11-13-34-25-31(26-35-14-12-33-24-30-9-5-2-6-10-30)27-39-21-19-37-17-15-36-16-18-38-20-22-40-28-31/h1-10,32-35H,11-28H2. The van der Waals surface area contributed by atoms with Gasteiger partial charge in [-0.05, 0) is 11.1 Å². The van der Waals surface area contributed by atoms with Crippen LogP contribution in [0.2, 0.25) is 0 Å². The SMILES string of the molecule is c1ccc(CNCCNCC2(CNCCNCc3ccccc3)COCCOCCOCCOCCOC2)cc1. The van der Waals surface area contributed by atoms with Gasteiger partial charge in [0.15, 0.2) is 0 Å². The molecular weight excluding hydrogens is 508 g/mol. The number of benzene rings is 2. The second-order valence-electron chi connectivity index (χ2n) is 10.1. The third-order valence-corrected chi connectivity index (χ3v) is 6.61. The monoisotopic (exact) mass is 558 g/mol. The molecule has 9 heteroatoms. The van der Waals surface area contributed by atoms with Crippen LogP contribution in [-0.4, -0.2) is 105 Å². The molecule has 4 N–H and O–H groups in total. The van der Waals surface area contributed by atoms with Gasteiger partial charge in [0.25, 0.3) is 0 Å². The predicted molar refractivity (Wildman–Crippen MR) is 159 cm³/mol. The molecule has 0 amide bonds. The third-order valence-electron chi connectivity index (χ3n) is 6.61. The van der Waals surface area contributed by atoms with Crippen LogP contribution in [0, 0.1) is 5.41 Å². The Morgan fingerprint density at radius 1 is 0.450 bits per heavy atom. The zero-order valence-corrected chi connectivity index (χ0v) is 24.0. The van der Waals surface area contributed by atoms with Gasteiger partial charge in [0.05, 0.1) is 66.1 Å². The first-order chi connectivity index (χ1) is 19.9. The second kappa shape index (κ2) is 21.8. The highest BCUT2D eigenvalue weighted by Crippen LogP contribution is 2.17. The molecule has 0 unspecified atom stereocenters. The summed E-state index contributed by atoms with van der Waals surface area (Å²) in [6.45, 7) is 12.3. The fraction of sp³-hybridized carbons (Fsp3) is 0.613. The summed E-state index contributed by atoms with van der Waals surface area (Å²) >= 11 is 0. The molecule has 1 aliphatic rings. The number of hydrogen-bond donors (Lipinski definition) is 4. The zero-order chi connectivity index (χ0) is 27.8. The Kier molecular flexibility index (Phi) is 17.7. The van der Waals surface area contributed by atoms with E-state index in [-0.39, 0.29) is 5.41 Å². The van der Waals surface area contributed by atoms with Crippen LogP contribution in [0.1, 0.15) is 11.1 Å². The van der Waals surface area contributed by atoms with Crippen LogP contribution < -0.4 is 21.3 Å². The highest BCUT2D eigenvalue weighted by Gasteiger charge is 2.31. The van der Waals surface area contributed by atoms with Crippen molar-refractivity contribution >= 4 is 0 Å². The van der Waals surface area contributed by atoms with Crippen molar-refractivity contribution in [3.05, 3.63) is 71.8 Å². The Balaban J connectivity index is 1.47. The van der Waals surface area contributed by atoms with Crippen molar-refractivity contribution in [2.45, 2.75) is 13.1 Å². The minimum Gasteiger partial charge on any atom is -0.378 e. The maximum absolute atomic E-state index is 6.13. The van der Waals surface area contributed by atoms with E-state index in [4.69, 9.17) is 23.7 Å². The molecule has 2 aromatic rings. The Hall–Kier alpha value is -1.92. The van der Waals surface area contributed by atoms with E-state index in [1.54, 1.807) is 0 Å². The quantitative estimate of drug-likeness (QED) is 0.259. The summed E-state index contributed by atoms with van der Waals surface area (Å²) in [6.07, 6.45) is 0. The Bertz CT molecular complexity index is 777. The zero-order valence-electron chi connectivity index (χ0n) is 24.0. The molecule has 0 atom stereocenters. The largest absolute Gasteiger partial charge is 0.378 e. The van der Waals surface area contributed by atoms with Crippen molar-refractivity contribution in [2.24, 2.45) is 5.41 Å². The lowest BCUT2D eigenvalue weighted by Gasteiger charge is -2.34. The van der Waals surface area contributed by atoms with Gasteiger partial charge in [0.1, 0.15) is 0 Å². The van der Waals surface area contributed by atoms with Gasteiger partial charge in [0, 0.05) is 57.8 Å². The van der Waals surface area contributed by atoms with Crippen molar-refractivity contribution in [2.75, 3.05) is 105 Å². The number of ether oxygens (including phenoxy) is 5. The van der Waals surface area contributed by atoms with Gasteiger partial charge in [-0.3, -0.25) is 0 Å². The molecule has 1 fully saturated rings. The molecule has 224 valence electrons. The molecule has 3 rings (SSSR count). The summed E-state index contributed by atoms with van der Waals surface area (Å²) in [6, 6.07) is 21.0. The molecule has 1 heterocycles. The van der Waals surface area contributed by atoms with Gasteiger partial charge in [0.2, 0.25) is 0 Å². The molecule has 0 aliphatic carbocycles. The molecule has 0 bridgehead atoms. The van der Waals surface area contributed by atoms with Gasteiger partial charge in [-0.15, -0.1) is 0 Å². The minimum atomic E-state index is -0.223. The van der Waals surface area contributed by atoms with Gasteiger partial charge in [-0.1, -0.05) is 60.7 Å². The summed E-state index contributed by atoms with van der Waals surface area (Å²) in [5, 5.41) is 14.3. The van der Waals surface area contributed by atoms with Crippen LogP contribution in [0.25, 0.3) is 0 Å². The molecule has 0 aromatic heterocycles. The smallest absolute Gasteiger partial charge is 0.0701 e. The van der Waals surface area contributed by atoms with Crippen LogP contribution in [0.15, 0.2) is 60.7 Å². The molecule has 0 saturated carbocycles. The highest BCUT2D eigenvalue weighted by atomic mass is 16.6. The van der Waals surface area contributed by atoms with E-state index in [0.717, 1.165) is 52.4 Å². The van der Waals surface area contributed by atoms with Crippen LogP contribution in [-0.2, 0) is 36.8 Å². The molecule has 1 saturated heterocycles. The number of nitrogens with one attached hydrogen (secondary N) is 4. The van der Waals surface area contributed by atoms with Gasteiger partial charge in [-0.2, -0.15) is 0 Å². The van der Waals surface area contributed by atoms with E-state index in [1.165, 1.54) is 11.1 Å². The maximum atomic E-state index is 6.13. The normalized spacial score (nSPS) is 17.9. The highest BCUT2D eigenvalue weighted by molar-refractivity contribution is 5.14. The number of hydrogen-bond acceptors (Lipinski definition) is 9. The minimum absolute atomic E-state index is 0.223. The predicted octanol–water partition coefficient (Wildman–Crippen LogP) is 1.83. The fourth-order valence-electron chi connectivity index (χ4n) is 4.38. The molecule has 1 aliphatic heterocycles. The Labute approximate surface area is 240 Å². The van der Waals surface area contributed by atoms with Gasteiger partial charge >= 0.3 is 0 Å². The lowest BCUT2D eigenvalue weighted by Crippen LogP contribution is -2.50. The summed E-state index contributed by atoms with van der Waals surface area (Å²) in [7, 11) is 0. The summed E-state index contributed by atoms with van der Waals surface area (Å²) in [5.41, 5.74) is 2.36. The van der Waals surface area contributed by atoms with E-state index in [0.29, 0.717) is 66.1 Å². The summed E-state index contributed by atoms with van der Waals surface area (Å²) in [5.74, 6) is 0. The Morgan fingerprint density at radius 3 is 1.20 bits per heavy atom. The van der Waals surface area contributed by atoms with Crippen LogP contribution in [0.3, 0.4) is 0 Å². The van der Waals surface area contributed by atoms with Crippen LogP contribution in [0.5, 0.6) is 0 Å². The molecule has 0 spiro atoms. The average Bonchev–Trinajstić information content (AvgIpc) is 2.99. The van der Waals surface area contributed by atoms with Crippen molar-refractivity contribution in [3.8, 4) is 0 Å². The van der Waals surface area contributed by atoms with E-state index < -0.39 is 0 Å². The summed E-state index contributed by atoms with van der Waals surface area (Å²) in [4.78, 5) is 0. The molecule has 9 nitrogen and oxygen atoms in total. The lowest BCUT2D eigenvalue weighted by atomic mass is 9.89. The van der Waals surface area contributed by atoms with Crippen LogP contribution >= 0.6 is 0 Å². The van der Waals surface area contributed by atoms with E-state index in [9.17, 15) is 0 Å². The van der Waals surface area contributed by atoms with E-state index in [2.05, 4.69) is 69.8 Å². The van der Waals surface area contributed by atoms with E-state index >= 15 is 0 Å². The molecule has 40 heavy (non-hydrogen) atoms.